The zero-order valence-corrected chi connectivity index (χ0v) is 15.1. The first-order chi connectivity index (χ1) is 11.0. The minimum Gasteiger partial charge on any atom is -0.632 e. The number of carbonyl (C=O) groups is 1. The number of likely N-dealkylation sites (N-methyl/N-ethyl adjacent to an activating group) is 1. The normalized spacial score (nSPS) is 40.2. The molecule has 0 aromatic heterocycles. The second-order valence-electron chi connectivity index (χ2n) is 6.94. The van der Waals surface area contributed by atoms with E-state index in [1.54, 1.807) is 19.2 Å². The van der Waals surface area contributed by atoms with Crippen molar-refractivity contribution in [2.75, 3.05) is 13.7 Å². The van der Waals surface area contributed by atoms with Gasteiger partial charge in [-0.2, -0.15) is 0 Å². The fraction of sp³-hybridized carbons (Fsp3) is 0.588. The lowest BCUT2D eigenvalue weighted by Gasteiger charge is -2.51. The van der Waals surface area contributed by atoms with Crippen molar-refractivity contribution in [2.24, 2.45) is 0 Å². The van der Waals surface area contributed by atoms with E-state index in [0.717, 1.165) is 5.56 Å². The van der Waals surface area contributed by atoms with E-state index < -0.39 is 11.9 Å². The average molecular weight is 400 g/mol. The predicted octanol–water partition coefficient (Wildman–Crippen LogP) is 1.51. The molecular weight excluding hydrogens is 378 g/mol. The van der Waals surface area contributed by atoms with Gasteiger partial charge in [0.05, 0.1) is 13.7 Å². The number of aliphatic hydroxyl groups excluding tert-OH is 1. The van der Waals surface area contributed by atoms with Crippen LogP contribution in [0.15, 0.2) is 30.3 Å². The van der Waals surface area contributed by atoms with Crippen molar-refractivity contribution in [3.63, 3.8) is 0 Å². The van der Waals surface area contributed by atoms with Crippen LogP contribution in [0.25, 0.3) is 0 Å². The molecule has 3 heterocycles. The standard InChI is InChI=1S/C17H21NO5.BrH/c1-18(21)13-7-11(8-14(18)16-15(13)23-16)22-17(20)12(9-19)10-5-3-2-4-6-10;/h2-6,11-16,19H,7-9H2,1H3;1H/t11?,12-,13-,14+,15-,16+,18?;/m1./s1. The molecule has 24 heavy (non-hydrogen) atoms. The molecule has 7 heteroatoms. The number of fused-ring (bicyclic) bond motifs is 5. The number of epoxide rings is 1. The summed E-state index contributed by atoms with van der Waals surface area (Å²) in [4.78, 5) is 12.4. The van der Waals surface area contributed by atoms with E-state index in [9.17, 15) is 15.1 Å². The molecule has 4 rings (SSSR count). The number of hydrogen-bond donors (Lipinski definition) is 1. The molecule has 1 aromatic rings. The van der Waals surface area contributed by atoms with Crippen molar-refractivity contribution in [1.82, 2.24) is 0 Å². The number of halogens is 1. The van der Waals surface area contributed by atoms with Crippen molar-refractivity contribution in [2.45, 2.75) is 49.2 Å². The van der Waals surface area contributed by atoms with Crippen molar-refractivity contribution in [3.05, 3.63) is 41.1 Å². The van der Waals surface area contributed by atoms with Gasteiger partial charge in [-0.05, 0) is 5.56 Å². The van der Waals surface area contributed by atoms with E-state index in [1.165, 1.54) is 0 Å². The van der Waals surface area contributed by atoms with Crippen LogP contribution >= 0.6 is 17.0 Å². The molecule has 2 bridgehead atoms. The summed E-state index contributed by atoms with van der Waals surface area (Å²) in [5.74, 6) is -1.09. The number of morpholine rings is 1. The molecule has 0 amide bonds. The Labute approximate surface area is 151 Å². The van der Waals surface area contributed by atoms with E-state index in [1.807, 2.05) is 18.2 Å². The number of hydrogen-bond acceptors (Lipinski definition) is 5. The molecule has 1 N–H and O–H groups in total. The second kappa shape index (κ2) is 6.38. The lowest BCUT2D eigenvalue weighted by atomic mass is 9.97. The Bertz CT molecular complexity index is 590. The minimum atomic E-state index is -0.672. The lowest BCUT2D eigenvalue weighted by molar-refractivity contribution is -0.911. The van der Waals surface area contributed by atoms with Gasteiger partial charge in [-0.3, -0.25) is 4.79 Å². The summed E-state index contributed by atoms with van der Waals surface area (Å²) >= 11 is 0. The molecule has 0 radical (unpaired) electrons. The molecule has 3 fully saturated rings. The topological polar surface area (TPSA) is 82.1 Å². The Morgan fingerprint density at radius 1 is 1.33 bits per heavy atom. The second-order valence-corrected chi connectivity index (χ2v) is 6.94. The Hall–Kier alpha value is -0.990. The number of quaternary nitrogens is 1. The largest absolute Gasteiger partial charge is 0.632 e. The molecule has 0 saturated carbocycles. The molecule has 3 aliphatic heterocycles. The summed E-state index contributed by atoms with van der Waals surface area (Å²) in [7, 11) is 1.70. The van der Waals surface area contributed by atoms with Crippen molar-refractivity contribution >= 4 is 23.0 Å². The van der Waals surface area contributed by atoms with Crippen LogP contribution in [0.2, 0.25) is 0 Å². The van der Waals surface area contributed by atoms with Crippen LogP contribution in [-0.2, 0) is 14.3 Å². The highest BCUT2D eigenvalue weighted by atomic mass is 79.9. The molecule has 6 nitrogen and oxygen atoms in total. The van der Waals surface area contributed by atoms with Crippen LogP contribution in [0.4, 0.5) is 0 Å². The number of nitrogens with zero attached hydrogens (tertiary/aromatic N) is 1. The fourth-order valence-corrected chi connectivity index (χ4v) is 4.25. The minimum absolute atomic E-state index is 0. The van der Waals surface area contributed by atoms with Gasteiger partial charge in [0.25, 0.3) is 0 Å². The SMILES string of the molecule is Br.C[N+]1([O-])[C@@H]2CC(OC(=O)[C@H](CO)c3ccccc3)C[C@H]1[C@@H]1O[C@@H]12. The van der Waals surface area contributed by atoms with Crippen molar-refractivity contribution < 1.29 is 24.0 Å². The third kappa shape index (κ3) is 2.78. The molecule has 132 valence electrons. The van der Waals surface area contributed by atoms with Gasteiger partial charge in [0.2, 0.25) is 0 Å². The fourth-order valence-electron chi connectivity index (χ4n) is 4.25. The van der Waals surface area contributed by atoms with Crippen LogP contribution in [0.3, 0.4) is 0 Å². The maximum atomic E-state index is 12.6. The van der Waals surface area contributed by atoms with Gasteiger partial charge in [0.15, 0.2) is 0 Å². The number of hydroxylamine groups is 3. The zero-order valence-electron chi connectivity index (χ0n) is 13.4. The van der Waals surface area contributed by atoms with E-state index in [-0.39, 0.29) is 58.6 Å². The summed E-state index contributed by atoms with van der Waals surface area (Å²) in [5, 5.41) is 22.2. The lowest BCUT2D eigenvalue weighted by Crippen LogP contribution is -2.58. The van der Waals surface area contributed by atoms with Gasteiger partial charge in [-0.15, -0.1) is 17.0 Å². The maximum absolute atomic E-state index is 12.6. The predicted molar refractivity (Wildman–Crippen MR) is 91.5 cm³/mol. The van der Waals surface area contributed by atoms with Crippen LogP contribution in [0, 0.1) is 5.21 Å². The van der Waals surface area contributed by atoms with E-state index >= 15 is 0 Å². The molecule has 7 atom stereocenters. The Morgan fingerprint density at radius 3 is 2.46 bits per heavy atom. The Balaban J connectivity index is 0.00000169. The van der Waals surface area contributed by atoms with Crippen LogP contribution < -0.4 is 0 Å². The van der Waals surface area contributed by atoms with Crippen LogP contribution in [0.1, 0.15) is 24.3 Å². The molecular formula is C17H22BrNO5. The molecule has 2 unspecified atom stereocenters. The third-order valence-corrected chi connectivity index (χ3v) is 5.60. The Morgan fingerprint density at radius 2 is 1.92 bits per heavy atom. The number of carbonyl (C=O) groups excluding carboxylic acids is 1. The first-order valence-electron chi connectivity index (χ1n) is 8.11. The monoisotopic (exact) mass is 399 g/mol. The first-order valence-corrected chi connectivity index (χ1v) is 8.11. The maximum Gasteiger partial charge on any atom is 0.316 e. The van der Waals surface area contributed by atoms with Gasteiger partial charge in [-0.1, -0.05) is 30.3 Å². The summed E-state index contributed by atoms with van der Waals surface area (Å²) in [5.41, 5.74) is 0.745. The van der Waals surface area contributed by atoms with Gasteiger partial charge < -0.3 is 24.4 Å². The van der Waals surface area contributed by atoms with Gasteiger partial charge >= 0.3 is 5.97 Å². The number of esters is 1. The van der Waals surface area contributed by atoms with Gasteiger partial charge in [0, 0.05) is 12.8 Å². The zero-order chi connectivity index (χ0) is 16.2. The van der Waals surface area contributed by atoms with Crippen LogP contribution in [0.5, 0.6) is 0 Å². The molecule has 0 spiro atoms. The van der Waals surface area contributed by atoms with E-state index in [4.69, 9.17) is 9.47 Å². The Kier molecular flexibility index (Phi) is 4.74. The molecule has 0 aliphatic carbocycles. The summed E-state index contributed by atoms with van der Waals surface area (Å²) in [6.45, 7) is -0.286. The van der Waals surface area contributed by atoms with Crippen LogP contribution in [-0.4, -0.2) is 59.8 Å². The summed E-state index contributed by atoms with van der Waals surface area (Å²) in [6.07, 6.45) is 0.891. The van der Waals surface area contributed by atoms with Crippen molar-refractivity contribution in [3.8, 4) is 0 Å². The highest BCUT2D eigenvalue weighted by Gasteiger charge is 2.69. The quantitative estimate of drug-likeness (QED) is 0.359. The molecule has 1 aromatic carbocycles. The smallest absolute Gasteiger partial charge is 0.316 e. The highest BCUT2D eigenvalue weighted by Crippen LogP contribution is 2.52. The van der Waals surface area contributed by atoms with Crippen molar-refractivity contribution in [1.29, 1.82) is 0 Å². The molecule has 3 aliphatic rings. The number of rotatable bonds is 4. The van der Waals surface area contributed by atoms with Gasteiger partial charge in [-0.25, -0.2) is 0 Å². The number of benzene rings is 1. The van der Waals surface area contributed by atoms with E-state index in [0.29, 0.717) is 12.8 Å². The third-order valence-electron chi connectivity index (χ3n) is 5.60. The van der Waals surface area contributed by atoms with Gasteiger partial charge in [0.1, 0.15) is 36.3 Å². The first kappa shape index (κ1) is 17.8. The molecule has 3 saturated heterocycles. The summed E-state index contributed by atoms with van der Waals surface area (Å²) in [6, 6.07) is 8.86. The number of piperidine rings is 1. The number of ether oxygens (including phenoxy) is 2. The number of aliphatic hydroxyl groups is 1. The highest BCUT2D eigenvalue weighted by molar-refractivity contribution is 8.93. The summed E-state index contributed by atoms with van der Waals surface area (Å²) < 4.78 is 10.9. The van der Waals surface area contributed by atoms with E-state index in [2.05, 4.69) is 0 Å². The average Bonchev–Trinajstić information content (AvgIpc) is 3.27.